The van der Waals surface area contributed by atoms with Crippen LogP contribution in [0.2, 0.25) is 0 Å². The van der Waals surface area contributed by atoms with Gasteiger partial charge in [0, 0.05) is 69.1 Å². The summed E-state index contributed by atoms with van der Waals surface area (Å²) < 4.78 is 5.18. The predicted octanol–water partition coefficient (Wildman–Crippen LogP) is 2.15. The number of carbonyl (C=O) groups excluding carboxylic acids is 1. The van der Waals surface area contributed by atoms with Gasteiger partial charge in [-0.3, -0.25) is 9.69 Å². The van der Waals surface area contributed by atoms with Crippen molar-refractivity contribution in [3.63, 3.8) is 0 Å². The maximum atomic E-state index is 12.2. The minimum Gasteiger partial charge on any atom is -0.383 e. The Labute approximate surface area is 162 Å². The van der Waals surface area contributed by atoms with Gasteiger partial charge in [0.1, 0.15) is 0 Å². The number of rotatable bonds is 7. The van der Waals surface area contributed by atoms with Gasteiger partial charge >= 0.3 is 0 Å². The molecule has 2 fully saturated rings. The summed E-state index contributed by atoms with van der Waals surface area (Å²) >= 11 is 0. The van der Waals surface area contributed by atoms with E-state index >= 15 is 0 Å². The van der Waals surface area contributed by atoms with E-state index in [2.05, 4.69) is 34.0 Å². The third-order valence-corrected chi connectivity index (χ3v) is 5.58. The molecule has 1 spiro atoms. The van der Waals surface area contributed by atoms with E-state index in [-0.39, 0.29) is 11.3 Å². The standard InChI is InChI=1S/C20H33N5O2/c1-16(2)23-19-21-11-17(12-22-19)13-24-8-4-6-20(14-24)7-5-18(26)25(15-20)9-10-27-3/h11-12,16H,4-10,13-15H2,1-3H3,(H,21,22,23)/t20-/m0/s1. The molecule has 1 amide bonds. The highest BCUT2D eigenvalue weighted by atomic mass is 16.5. The van der Waals surface area contributed by atoms with Gasteiger partial charge in [-0.15, -0.1) is 0 Å². The van der Waals surface area contributed by atoms with Crippen LogP contribution < -0.4 is 5.32 Å². The Morgan fingerprint density at radius 1 is 1.26 bits per heavy atom. The number of aromatic nitrogens is 2. The highest BCUT2D eigenvalue weighted by Gasteiger charge is 2.41. The molecule has 0 saturated carbocycles. The van der Waals surface area contributed by atoms with Crippen LogP contribution in [0.4, 0.5) is 5.95 Å². The van der Waals surface area contributed by atoms with Crippen LogP contribution >= 0.6 is 0 Å². The fourth-order valence-corrected chi connectivity index (χ4v) is 4.31. The fraction of sp³-hybridized carbons (Fsp3) is 0.750. The Balaban J connectivity index is 1.59. The van der Waals surface area contributed by atoms with Gasteiger partial charge in [0.15, 0.2) is 0 Å². The maximum absolute atomic E-state index is 12.2. The molecule has 1 aromatic rings. The van der Waals surface area contributed by atoms with Gasteiger partial charge in [-0.1, -0.05) is 0 Å². The van der Waals surface area contributed by atoms with E-state index in [9.17, 15) is 4.79 Å². The molecule has 2 aliphatic rings. The predicted molar refractivity (Wildman–Crippen MR) is 105 cm³/mol. The molecule has 1 atom stereocenters. The lowest BCUT2D eigenvalue weighted by Gasteiger charge is -2.48. The lowest BCUT2D eigenvalue weighted by Crippen LogP contribution is -2.54. The number of ether oxygens (including phenoxy) is 1. The van der Waals surface area contributed by atoms with Crippen molar-refractivity contribution in [2.45, 2.75) is 52.1 Å². The second kappa shape index (κ2) is 8.97. The maximum Gasteiger partial charge on any atom is 0.222 e. The second-order valence-electron chi connectivity index (χ2n) is 8.34. The zero-order valence-corrected chi connectivity index (χ0v) is 16.9. The molecule has 0 aliphatic carbocycles. The summed E-state index contributed by atoms with van der Waals surface area (Å²) in [5.41, 5.74) is 1.37. The summed E-state index contributed by atoms with van der Waals surface area (Å²) in [7, 11) is 1.69. The number of nitrogens with one attached hydrogen (secondary N) is 1. The molecule has 2 aliphatic heterocycles. The highest BCUT2D eigenvalue weighted by Crippen LogP contribution is 2.39. The number of amides is 1. The lowest BCUT2D eigenvalue weighted by molar-refractivity contribution is -0.140. The van der Waals surface area contributed by atoms with Gasteiger partial charge in [-0.2, -0.15) is 0 Å². The summed E-state index contributed by atoms with van der Waals surface area (Å²) in [6.45, 7) is 9.34. The zero-order chi connectivity index (χ0) is 19.3. The van der Waals surface area contributed by atoms with Crippen molar-refractivity contribution < 1.29 is 9.53 Å². The normalized spacial score (nSPS) is 24.0. The molecule has 1 aromatic heterocycles. The molecule has 3 rings (SSSR count). The number of hydrogen-bond acceptors (Lipinski definition) is 6. The Bertz CT molecular complexity index is 621. The summed E-state index contributed by atoms with van der Waals surface area (Å²) in [6, 6.07) is 0.327. The molecule has 7 nitrogen and oxygen atoms in total. The number of nitrogens with zero attached hydrogens (tertiary/aromatic N) is 4. The third-order valence-electron chi connectivity index (χ3n) is 5.58. The molecule has 1 N–H and O–H groups in total. The smallest absolute Gasteiger partial charge is 0.222 e. The Morgan fingerprint density at radius 2 is 2.04 bits per heavy atom. The van der Waals surface area contributed by atoms with Crippen LogP contribution in [0, 0.1) is 5.41 Å². The number of anilines is 1. The Morgan fingerprint density at radius 3 is 2.74 bits per heavy atom. The van der Waals surface area contributed by atoms with Crippen LogP contribution in [-0.2, 0) is 16.1 Å². The van der Waals surface area contributed by atoms with Crippen LogP contribution in [0.1, 0.15) is 45.1 Å². The summed E-state index contributed by atoms with van der Waals surface area (Å²) in [5, 5.41) is 3.22. The van der Waals surface area contributed by atoms with Crippen LogP contribution in [0.15, 0.2) is 12.4 Å². The number of carbonyl (C=O) groups is 1. The van der Waals surface area contributed by atoms with Gasteiger partial charge in [0.2, 0.25) is 11.9 Å². The van der Waals surface area contributed by atoms with Crippen molar-refractivity contribution in [1.82, 2.24) is 19.8 Å². The fourth-order valence-electron chi connectivity index (χ4n) is 4.31. The molecule has 0 aromatic carbocycles. The monoisotopic (exact) mass is 375 g/mol. The first-order chi connectivity index (χ1) is 13.0. The molecule has 7 heteroatoms. The van der Waals surface area contributed by atoms with Crippen molar-refractivity contribution in [3.8, 4) is 0 Å². The SMILES string of the molecule is COCCN1C[C@@]2(CCCN(Cc3cnc(NC(C)C)nc3)C2)CCC1=O. The summed E-state index contributed by atoms with van der Waals surface area (Å²) in [4.78, 5) is 25.6. The second-order valence-corrected chi connectivity index (χ2v) is 8.34. The van der Waals surface area contributed by atoms with E-state index in [0.717, 1.165) is 38.2 Å². The molecule has 0 bridgehead atoms. The zero-order valence-electron chi connectivity index (χ0n) is 16.9. The number of hydrogen-bond donors (Lipinski definition) is 1. The van der Waals surface area contributed by atoms with E-state index in [1.54, 1.807) is 7.11 Å². The van der Waals surface area contributed by atoms with Crippen molar-refractivity contribution in [3.05, 3.63) is 18.0 Å². The first kappa shape index (κ1) is 20.0. The first-order valence-electron chi connectivity index (χ1n) is 10.1. The largest absolute Gasteiger partial charge is 0.383 e. The van der Waals surface area contributed by atoms with Gasteiger partial charge in [-0.25, -0.2) is 9.97 Å². The number of methoxy groups -OCH3 is 1. The lowest BCUT2D eigenvalue weighted by atomic mass is 9.73. The van der Waals surface area contributed by atoms with Crippen molar-refractivity contribution in [2.24, 2.45) is 5.41 Å². The van der Waals surface area contributed by atoms with Crippen LogP contribution in [0.25, 0.3) is 0 Å². The van der Waals surface area contributed by atoms with Gasteiger partial charge in [0.25, 0.3) is 0 Å². The average Bonchev–Trinajstić information content (AvgIpc) is 2.64. The van der Waals surface area contributed by atoms with E-state index in [1.807, 2.05) is 17.3 Å². The van der Waals surface area contributed by atoms with Gasteiger partial charge in [0.05, 0.1) is 6.61 Å². The van der Waals surface area contributed by atoms with Crippen molar-refractivity contribution in [1.29, 1.82) is 0 Å². The van der Waals surface area contributed by atoms with E-state index in [1.165, 1.54) is 12.8 Å². The van der Waals surface area contributed by atoms with Crippen LogP contribution in [0.3, 0.4) is 0 Å². The molecular weight excluding hydrogens is 342 g/mol. The molecule has 0 unspecified atom stereocenters. The molecule has 2 saturated heterocycles. The quantitative estimate of drug-likeness (QED) is 0.787. The molecule has 150 valence electrons. The Kier molecular flexibility index (Phi) is 6.65. The van der Waals surface area contributed by atoms with Crippen molar-refractivity contribution >= 4 is 11.9 Å². The minimum absolute atomic E-state index is 0.222. The highest BCUT2D eigenvalue weighted by molar-refractivity contribution is 5.77. The van der Waals surface area contributed by atoms with Crippen molar-refractivity contribution in [2.75, 3.05) is 45.2 Å². The van der Waals surface area contributed by atoms with E-state index < -0.39 is 0 Å². The average molecular weight is 376 g/mol. The summed E-state index contributed by atoms with van der Waals surface area (Å²) in [5.74, 6) is 0.958. The molecule has 0 radical (unpaired) electrons. The molecular formula is C20H33N5O2. The Hall–Kier alpha value is -1.73. The topological polar surface area (TPSA) is 70.6 Å². The summed E-state index contributed by atoms with van der Waals surface area (Å²) in [6.07, 6.45) is 7.90. The number of piperidine rings is 2. The minimum atomic E-state index is 0.222. The molecule has 27 heavy (non-hydrogen) atoms. The van der Waals surface area contributed by atoms with E-state index in [0.29, 0.717) is 31.6 Å². The molecule has 3 heterocycles. The van der Waals surface area contributed by atoms with Gasteiger partial charge < -0.3 is 15.0 Å². The first-order valence-corrected chi connectivity index (χ1v) is 10.1. The number of likely N-dealkylation sites (tertiary alicyclic amines) is 2. The third kappa shape index (κ3) is 5.39. The van der Waals surface area contributed by atoms with E-state index in [4.69, 9.17) is 4.74 Å². The van der Waals surface area contributed by atoms with Gasteiger partial charge in [-0.05, 0) is 39.7 Å². The van der Waals surface area contributed by atoms with Crippen LogP contribution in [0.5, 0.6) is 0 Å². The van der Waals surface area contributed by atoms with Crippen LogP contribution in [-0.4, -0.2) is 71.6 Å².